The lowest BCUT2D eigenvalue weighted by molar-refractivity contribution is 0.190. The van der Waals surface area contributed by atoms with Crippen LogP contribution in [-0.2, 0) is 0 Å². The van der Waals surface area contributed by atoms with Crippen LogP contribution in [0.25, 0.3) is 0 Å². The van der Waals surface area contributed by atoms with Crippen molar-refractivity contribution in [2.45, 2.75) is 45.1 Å². The number of rotatable bonds is 3. The molecule has 0 spiro atoms. The molecule has 3 heteroatoms. The minimum absolute atomic E-state index is 0.500. The van der Waals surface area contributed by atoms with Crippen molar-refractivity contribution in [1.29, 1.82) is 0 Å². The molecular formula is C18H27NO2. The average Bonchev–Trinajstić information content (AvgIpc) is 2.53. The summed E-state index contributed by atoms with van der Waals surface area (Å²) < 4.78 is 5.46. The largest absolute Gasteiger partial charge is 0.496 e. The van der Waals surface area contributed by atoms with Crippen LogP contribution in [0.3, 0.4) is 0 Å². The number of nitrogens with zero attached hydrogens (tertiary/aromatic N) is 1. The zero-order valence-corrected chi connectivity index (χ0v) is 13.2. The fourth-order valence-electron chi connectivity index (χ4n) is 4.23. The Hall–Kier alpha value is -1.22. The first-order valence-electron chi connectivity index (χ1n) is 8.30. The van der Waals surface area contributed by atoms with Gasteiger partial charge in [0.25, 0.3) is 0 Å². The first kappa shape index (κ1) is 14.7. The molecule has 1 aromatic rings. The zero-order chi connectivity index (χ0) is 14.8. The predicted octanol–water partition coefficient (Wildman–Crippen LogP) is 3.77. The number of anilines is 1. The van der Waals surface area contributed by atoms with Crippen LogP contribution in [0.4, 0.5) is 5.69 Å². The molecule has 3 atom stereocenters. The van der Waals surface area contributed by atoms with Crippen molar-refractivity contribution >= 4 is 5.69 Å². The fraction of sp³-hybridized carbons (Fsp3) is 0.667. The van der Waals surface area contributed by atoms with Crippen LogP contribution in [0.2, 0.25) is 0 Å². The molecule has 1 aliphatic heterocycles. The Labute approximate surface area is 127 Å². The van der Waals surface area contributed by atoms with Crippen molar-refractivity contribution in [3.05, 3.63) is 23.8 Å². The van der Waals surface area contributed by atoms with E-state index in [-0.39, 0.29) is 0 Å². The number of fused-ring (bicyclic) bond motifs is 1. The maximum absolute atomic E-state index is 10.2. The molecule has 1 N–H and O–H groups in total. The third kappa shape index (κ3) is 2.89. The summed E-state index contributed by atoms with van der Waals surface area (Å²) in [6.07, 6.45) is 6.38. The predicted molar refractivity (Wildman–Crippen MR) is 85.9 cm³/mol. The molecule has 3 rings (SSSR count). The molecule has 2 fully saturated rings. The molecule has 1 saturated carbocycles. The van der Waals surface area contributed by atoms with E-state index >= 15 is 0 Å². The van der Waals surface area contributed by atoms with Crippen LogP contribution in [0.1, 0.15) is 50.7 Å². The topological polar surface area (TPSA) is 32.7 Å². The van der Waals surface area contributed by atoms with Gasteiger partial charge < -0.3 is 14.7 Å². The van der Waals surface area contributed by atoms with E-state index in [1.54, 1.807) is 7.11 Å². The third-order valence-electron chi connectivity index (χ3n) is 5.31. The number of aliphatic hydroxyl groups excluding tert-OH is 1. The zero-order valence-electron chi connectivity index (χ0n) is 13.2. The third-order valence-corrected chi connectivity index (χ3v) is 5.31. The highest BCUT2D eigenvalue weighted by Crippen LogP contribution is 2.41. The minimum Gasteiger partial charge on any atom is -0.496 e. The number of aliphatic hydroxyl groups is 1. The lowest BCUT2D eigenvalue weighted by Gasteiger charge is -2.43. The van der Waals surface area contributed by atoms with Gasteiger partial charge in [-0.25, -0.2) is 0 Å². The van der Waals surface area contributed by atoms with E-state index in [1.165, 1.54) is 32.1 Å². The molecule has 0 amide bonds. The molecule has 1 aromatic carbocycles. The second-order valence-corrected chi connectivity index (χ2v) is 6.61. The van der Waals surface area contributed by atoms with E-state index in [9.17, 15) is 5.11 Å². The van der Waals surface area contributed by atoms with Crippen LogP contribution in [0.5, 0.6) is 5.75 Å². The van der Waals surface area contributed by atoms with Crippen LogP contribution in [0.15, 0.2) is 18.2 Å². The highest BCUT2D eigenvalue weighted by molar-refractivity contribution is 5.60. The normalized spacial score (nSPS) is 27.1. The summed E-state index contributed by atoms with van der Waals surface area (Å²) in [7, 11) is 1.68. The van der Waals surface area contributed by atoms with E-state index in [0.29, 0.717) is 0 Å². The van der Waals surface area contributed by atoms with Crippen LogP contribution < -0.4 is 9.64 Å². The fourth-order valence-corrected chi connectivity index (χ4v) is 4.23. The van der Waals surface area contributed by atoms with Crippen LogP contribution >= 0.6 is 0 Å². The molecule has 0 aromatic heterocycles. The van der Waals surface area contributed by atoms with Gasteiger partial charge in [-0.15, -0.1) is 0 Å². The smallest absolute Gasteiger partial charge is 0.126 e. The van der Waals surface area contributed by atoms with Crippen molar-refractivity contribution in [2.75, 3.05) is 25.1 Å². The second kappa shape index (κ2) is 6.27. The lowest BCUT2D eigenvalue weighted by Crippen LogP contribution is -2.42. The molecule has 21 heavy (non-hydrogen) atoms. The Morgan fingerprint density at radius 3 is 2.67 bits per heavy atom. The quantitative estimate of drug-likeness (QED) is 0.919. The van der Waals surface area contributed by atoms with Crippen molar-refractivity contribution in [1.82, 2.24) is 0 Å². The van der Waals surface area contributed by atoms with E-state index in [0.717, 1.165) is 41.9 Å². The number of benzene rings is 1. The molecular weight excluding hydrogens is 262 g/mol. The van der Waals surface area contributed by atoms with Gasteiger partial charge in [-0.05, 0) is 43.7 Å². The molecule has 3 unspecified atom stereocenters. The van der Waals surface area contributed by atoms with Gasteiger partial charge >= 0.3 is 0 Å². The highest BCUT2D eigenvalue weighted by atomic mass is 16.5. The van der Waals surface area contributed by atoms with Crippen molar-refractivity contribution < 1.29 is 9.84 Å². The van der Waals surface area contributed by atoms with Gasteiger partial charge in [0.15, 0.2) is 0 Å². The Bertz CT molecular complexity index is 486. The second-order valence-electron chi connectivity index (χ2n) is 6.61. The summed E-state index contributed by atoms with van der Waals surface area (Å²) in [5, 5.41) is 10.2. The molecule has 1 heterocycles. The molecule has 0 bridgehead atoms. The number of methoxy groups -OCH3 is 1. The van der Waals surface area contributed by atoms with E-state index < -0.39 is 6.10 Å². The lowest BCUT2D eigenvalue weighted by atomic mass is 9.75. The van der Waals surface area contributed by atoms with Gasteiger partial charge in [0, 0.05) is 24.3 Å². The van der Waals surface area contributed by atoms with Crippen molar-refractivity contribution in [2.24, 2.45) is 11.8 Å². The SMILES string of the molecule is COc1cccc(N2CCC3CCCCC3C2)c1C(C)O. The average molecular weight is 289 g/mol. The number of piperidine rings is 1. The maximum Gasteiger partial charge on any atom is 0.126 e. The molecule has 3 nitrogen and oxygen atoms in total. The van der Waals surface area contributed by atoms with E-state index in [4.69, 9.17) is 4.74 Å². The highest BCUT2D eigenvalue weighted by Gasteiger charge is 2.32. The van der Waals surface area contributed by atoms with Gasteiger partial charge in [0.05, 0.1) is 13.2 Å². The number of ether oxygens (including phenoxy) is 1. The van der Waals surface area contributed by atoms with Crippen molar-refractivity contribution in [3.63, 3.8) is 0 Å². The number of hydrogen-bond acceptors (Lipinski definition) is 3. The molecule has 116 valence electrons. The van der Waals surface area contributed by atoms with Crippen molar-refractivity contribution in [3.8, 4) is 5.75 Å². The first-order chi connectivity index (χ1) is 10.2. The molecule has 2 aliphatic rings. The molecule has 1 saturated heterocycles. The monoisotopic (exact) mass is 289 g/mol. The summed E-state index contributed by atoms with van der Waals surface area (Å²) in [5.74, 6) is 2.56. The maximum atomic E-state index is 10.2. The summed E-state index contributed by atoms with van der Waals surface area (Å²) in [4.78, 5) is 2.47. The van der Waals surface area contributed by atoms with Gasteiger partial charge in [0.1, 0.15) is 5.75 Å². The van der Waals surface area contributed by atoms with Crippen LogP contribution in [-0.4, -0.2) is 25.3 Å². The van der Waals surface area contributed by atoms with Crippen LogP contribution in [0, 0.1) is 11.8 Å². The Morgan fingerprint density at radius 2 is 1.95 bits per heavy atom. The Morgan fingerprint density at radius 1 is 1.19 bits per heavy atom. The summed E-state index contributed by atoms with van der Waals surface area (Å²) in [5.41, 5.74) is 2.10. The Kier molecular flexibility index (Phi) is 4.39. The Balaban J connectivity index is 1.86. The molecule has 1 aliphatic carbocycles. The van der Waals surface area contributed by atoms with Gasteiger partial charge in [0.2, 0.25) is 0 Å². The minimum atomic E-state index is -0.500. The number of hydrogen-bond donors (Lipinski definition) is 1. The van der Waals surface area contributed by atoms with Gasteiger partial charge in [-0.1, -0.05) is 25.3 Å². The summed E-state index contributed by atoms with van der Waals surface area (Å²) in [6, 6.07) is 6.11. The summed E-state index contributed by atoms with van der Waals surface area (Å²) >= 11 is 0. The molecule has 0 radical (unpaired) electrons. The van der Waals surface area contributed by atoms with Gasteiger partial charge in [-0.2, -0.15) is 0 Å². The standard InChI is InChI=1S/C18H27NO2/c1-13(20)18-16(8-5-9-17(18)21-2)19-11-10-14-6-3-4-7-15(14)12-19/h5,8-9,13-15,20H,3-4,6-7,10-12H2,1-2H3. The van der Waals surface area contributed by atoms with E-state index in [2.05, 4.69) is 11.0 Å². The first-order valence-corrected chi connectivity index (χ1v) is 8.30. The van der Waals surface area contributed by atoms with Gasteiger partial charge in [-0.3, -0.25) is 0 Å². The summed E-state index contributed by atoms with van der Waals surface area (Å²) in [6.45, 7) is 4.07. The van der Waals surface area contributed by atoms with E-state index in [1.807, 2.05) is 19.1 Å².